The summed E-state index contributed by atoms with van der Waals surface area (Å²) in [5.74, 6) is -0.211. The summed E-state index contributed by atoms with van der Waals surface area (Å²) in [6.45, 7) is 0. The smallest absolute Gasteiger partial charge is 0.314 e. The molecule has 2 aromatic carbocycles. The first-order chi connectivity index (χ1) is 19.9. The van der Waals surface area contributed by atoms with E-state index in [4.69, 9.17) is 11.6 Å². The maximum absolute atomic E-state index is 13.5. The number of carboxylic acids is 1. The van der Waals surface area contributed by atoms with E-state index in [1.54, 1.807) is 24.5 Å². The van der Waals surface area contributed by atoms with Crippen LogP contribution in [0.2, 0.25) is 5.02 Å². The van der Waals surface area contributed by atoms with E-state index in [1.165, 1.54) is 11.0 Å². The zero-order valence-electron chi connectivity index (χ0n) is 22.0. The van der Waals surface area contributed by atoms with Crippen LogP contribution in [0.1, 0.15) is 49.4 Å². The van der Waals surface area contributed by atoms with Crippen molar-refractivity contribution in [1.82, 2.24) is 30.0 Å². The summed E-state index contributed by atoms with van der Waals surface area (Å²) in [5, 5.41) is 39.8. The molecule has 0 amide bonds. The van der Waals surface area contributed by atoms with E-state index in [2.05, 4.69) is 20.6 Å². The number of hydrogen-bond donors (Lipinski definition) is 1. The fraction of sp³-hybridized carbons (Fsp3) is 0.267. The maximum atomic E-state index is 13.5. The van der Waals surface area contributed by atoms with Gasteiger partial charge in [0.25, 0.3) is 0 Å². The Balaban J connectivity index is 1.20. The predicted octanol–water partition coefficient (Wildman–Crippen LogP) is 4.99. The number of pyridine rings is 1. The van der Waals surface area contributed by atoms with E-state index in [-0.39, 0.29) is 6.04 Å². The SMILES string of the molecule is O=C(O)C1(c2ccc(-c3cnn(C(CC4CC4)c4ccc(-c5cc(Cl)ccc5-n5cnnn5)c[n+]4[O-])c3)cc2)CC1. The van der Waals surface area contributed by atoms with E-state index < -0.39 is 11.4 Å². The molecule has 3 aromatic heterocycles. The summed E-state index contributed by atoms with van der Waals surface area (Å²) in [6, 6.07) is 16.6. The number of aromatic nitrogens is 7. The topological polar surface area (TPSA) is 126 Å². The third kappa shape index (κ3) is 4.74. The van der Waals surface area contributed by atoms with Crippen LogP contribution in [0.15, 0.2) is 79.5 Å². The molecule has 5 aromatic rings. The van der Waals surface area contributed by atoms with E-state index in [0.29, 0.717) is 40.7 Å². The molecule has 41 heavy (non-hydrogen) atoms. The summed E-state index contributed by atoms with van der Waals surface area (Å²) in [7, 11) is 0. The van der Waals surface area contributed by atoms with Gasteiger partial charge in [0.15, 0.2) is 6.20 Å². The van der Waals surface area contributed by atoms with Crippen LogP contribution in [0, 0.1) is 11.1 Å². The van der Waals surface area contributed by atoms with E-state index in [1.807, 2.05) is 53.3 Å². The number of hydrogen-bond acceptors (Lipinski definition) is 6. The van der Waals surface area contributed by atoms with Crippen LogP contribution in [0.25, 0.3) is 27.9 Å². The van der Waals surface area contributed by atoms with Crippen molar-refractivity contribution in [2.45, 2.75) is 43.6 Å². The van der Waals surface area contributed by atoms with Crippen molar-refractivity contribution in [2.24, 2.45) is 5.92 Å². The molecule has 3 heterocycles. The Kier molecular flexibility index (Phi) is 6.08. The minimum Gasteiger partial charge on any atom is -0.618 e. The van der Waals surface area contributed by atoms with Gasteiger partial charge in [0.05, 0.1) is 17.3 Å². The summed E-state index contributed by atoms with van der Waals surface area (Å²) >= 11 is 6.31. The first kappa shape index (κ1) is 25.4. The fourth-order valence-electron chi connectivity index (χ4n) is 5.54. The van der Waals surface area contributed by atoms with Gasteiger partial charge < -0.3 is 10.3 Å². The molecule has 1 atom stereocenters. The fourth-order valence-corrected chi connectivity index (χ4v) is 5.72. The molecule has 0 spiro atoms. The van der Waals surface area contributed by atoms with Crippen LogP contribution >= 0.6 is 11.6 Å². The van der Waals surface area contributed by atoms with Gasteiger partial charge in [0.2, 0.25) is 5.69 Å². The summed E-state index contributed by atoms with van der Waals surface area (Å²) < 4.78 is 4.33. The Morgan fingerprint density at radius 2 is 1.88 bits per heavy atom. The molecule has 0 radical (unpaired) electrons. The Hall–Kier alpha value is -4.57. The third-order valence-electron chi connectivity index (χ3n) is 8.26. The maximum Gasteiger partial charge on any atom is 0.314 e. The highest BCUT2D eigenvalue weighted by Crippen LogP contribution is 2.48. The van der Waals surface area contributed by atoms with E-state index >= 15 is 0 Å². The second-order valence-electron chi connectivity index (χ2n) is 11.0. The van der Waals surface area contributed by atoms with Gasteiger partial charge in [-0.05, 0) is 71.0 Å². The molecule has 0 saturated heterocycles. The van der Waals surface area contributed by atoms with Crippen LogP contribution in [-0.2, 0) is 10.2 Å². The van der Waals surface area contributed by atoms with Crippen molar-refractivity contribution in [2.75, 3.05) is 0 Å². The number of halogens is 1. The minimum atomic E-state index is -0.764. The number of tetrazole rings is 1. The molecule has 2 aliphatic rings. The van der Waals surface area contributed by atoms with Crippen LogP contribution in [0.3, 0.4) is 0 Å². The van der Waals surface area contributed by atoms with Gasteiger partial charge >= 0.3 is 5.97 Å². The van der Waals surface area contributed by atoms with Gasteiger partial charge in [-0.15, -0.1) is 5.10 Å². The second-order valence-corrected chi connectivity index (χ2v) is 11.4. The molecule has 0 aliphatic heterocycles. The number of carboxylic acid groups (broad SMARTS) is 1. The van der Waals surface area contributed by atoms with Gasteiger partial charge in [-0.2, -0.15) is 14.5 Å². The molecule has 2 saturated carbocycles. The molecule has 7 rings (SSSR count). The molecular formula is C30H26ClN7O3. The first-order valence-corrected chi connectivity index (χ1v) is 13.9. The molecule has 1 unspecified atom stereocenters. The van der Waals surface area contributed by atoms with Crippen molar-refractivity contribution in [3.05, 3.63) is 101 Å². The number of nitrogens with zero attached hydrogens (tertiary/aromatic N) is 7. The van der Waals surface area contributed by atoms with Crippen molar-refractivity contribution in [3.63, 3.8) is 0 Å². The minimum absolute atomic E-state index is 0.234. The molecule has 0 bridgehead atoms. The van der Waals surface area contributed by atoms with E-state index in [0.717, 1.165) is 46.2 Å². The number of benzene rings is 2. The zero-order valence-corrected chi connectivity index (χ0v) is 22.7. The van der Waals surface area contributed by atoms with Gasteiger partial charge in [-0.1, -0.05) is 48.7 Å². The highest BCUT2D eigenvalue weighted by Gasteiger charge is 2.51. The summed E-state index contributed by atoms with van der Waals surface area (Å²) in [6.07, 6.45) is 11.3. The summed E-state index contributed by atoms with van der Waals surface area (Å²) in [5.41, 5.74) is 4.71. The van der Waals surface area contributed by atoms with Crippen LogP contribution in [0.5, 0.6) is 0 Å². The molecule has 2 aliphatic carbocycles. The van der Waals surface area contributed by atoms with Crippen molar-refractivity contribution < 1.29 is 14.6 Å². The lowest BCUT2D eigenvalue weighted by Crippen LogP contribution is -2.35. The van der Waals surface area contributed by atoms with Gasteiger partial charge in [-0.25, -0.2) is 0 Å². The lowest BCUT2D eigenvalue weighted by atomic mass is 9.94. The molecular weight excluding hydrogens is 542 g/mol. The van der Waals surface area contributed by atoms with Gasteiger partial charge in [-0.3, -0.25) is 9.48 Å². The van der Waals surface area contributed by atoms with Crippen LogP contribution in [0.4, 0.5) is 0 Å². The van der Waals surface area contributed by atoms with Gasteiger partial charge in [0, 0.05) is 34.0 Å². The molecule has 10 nitrogen and oxygen atoms in total. The average molecular weight is 568 g/mol. The molecule has 206 valence electrons. The zero-order chi connectivity index (χ0) is 28.1. The first-order valence-electron chi connectivity index (χ1n) is 13.6. The Labute approximate surface area is 240 Å². The standard InChI is InChI=1S/C30H26ClN7O3/c31-24-8-10-26(37-18-32-34-35-37)25(14-24)21-5-9-27(38(41)17-21)28(13-19-1-2-19)36-16-22(15-33-36)20-3-6-23(7-4-20)30(11-12-30)29(39)40/h3-10,14-19,28H,1-2,11-13H2,(H,39,40). The van der Waals surface area contributed by atoms with Crippen molar-refractivity contribution in [1.29, 1.82) is 0 Å². The largest absolute Gasteiger partial charge is 0.618 e. The van der Waals surface area contributed by atoms with Crippen LogP contribution < -0.4 is 4.73 Å². The molecule has 2 fully saturated rings. The Morgan fingerprint density at radius 3 is 2.54 bits per heavy atom. The average Bonchev–Trinajstić information content (AvgIpc) is 3.86. The monoisotopic (exact) mass is 567 g/mol. The highest BCUT2D eigenvalue weighted by atomic mass is 35.5. The second kappa shape index (κ2) is 9.81. The molecule has 1 N–H and O–H groups in total. The number of rotatable bonds is 9. The quantitative estimate of drug-likeness (QED) is 0.196. The van der Waals surface area contributed by atoms with Crippen LogP contribution in [-0.4, -0.2) is 41.1 Å². The summed E-state index contributed by atoms with van der Waals surface area (Å²) in [4.78, 5) is 11.7. The van der Waals surface area contributed by atoms with Crippen molar-refractivity contribution in [3.8, 4) is 27.9 Å². The predicted molar refractivity (Wildman–Crippen MR) is 150 cm³/mol. The normalized spacial score (nSPS) is 16.4. The van der Waals surface area contributed by atoms with Crippen molar-refractivity contribution >= 4 is 17.6 Å². The highest BCUT2D eigenvalue weighted by molar-refractivity contribution is 6.31. The Morgan fingerprint density at radius 1 is 1.10 bits per heavy atom. The number of carbonyl (C=O) groups is 1. The third-order valence-corrected chi connectivity index (χ3v) is 8.49. The van der Waals surface area contributed by atoms with E-state index in [9.17, 15) is 15.1 Å². The Bertz CT molecular complexity index is 1740. The van der Waals surface area contributed by atoms with Gasteiger partial charge in [0.1, 0.15) is 12.4 Å². The number of aliphatic carboxylic acids is 1. The lowest BCUT2D eigenvalue weighted by Gasteiger charge is -2.18. The molecule has 11 heteroatoms. The lowest BCUT2D eigenvalue weighted by molar-refractivity contribution is -0.615.